The maximum absolute atomic E-state index is 10.7. The van der Waals surface area contributed by atoms with E-state index in [1.807, 2.05) is 6.07 Å². The van der Waals surface area contributed by atoms with Crippen LogP contribution in [0, 0.1) is 0 Å². The number of carboxylic acids is 1. The molecule has 0 spiro atoms. The molecule has 2 N–H and O–H groups in total. The predicted molar refractivity (Wildman–Crippen MR) is 68.6 cm³/mol. The lowest BCUT2D eigenvalue weighted by molar-refractivity contribution is 0.0690. The zero-order valence-electron chi connectivity index (χ0n) is 10.7. The summed E-state index contributed by atoms with van der Waals surface area (Å²) in [5.41, 5.74) is 0.848. The van der Waals surface area contributed by atoms with Crippen LogP contribution in [0.15, 0.2) is 18.2 Å². The molecular weight excluding hydrogens is 232 g/mol. The highest BCUT2D eigenvalue weighted by molar-refractivity contribution is 5.85. The summed E-state index contributed by atoms with van der Waals surface area (Å²) in [6.45, 7) is 2.32. The fourth-order valence-electron chi connectivity index (χ4n) is 1.59. The Hall–Kier alpha value is -1.46. The lowest BCUT2D eigenvalue weighted by Gasteiger charge is -2.05. The van der Waals surface area contributed by atoms with Gasteiger partial charge in [0.1, 0.15) is 5.69 Å². The van der Waals surface area contributed by atoms with Crippen molar-refractivity contribution >= 4 is 5.97 Å². The summed E-state index contributed by atoms with van der Waals surface area (Å²) in [5.74, 6) is -0.989. The minimum absolute atomic E-state index is 0.0920. The average molecular weight is 252 g/mol. The van der Waals surface area contributed by atoms with Crippen LogP contribution in [-0.2, 0) is 11.3 Å². The standard InChI is InChI=1S/C13H20N2O3/c1-18-9-4-2-3-8-14-10-11-6-5-7-12(15-11)13(16)17/h5-7,14H,2-4,8-10H2,1H3,(H,16,17). The molecule has 0 unspecified atom stereocenters. The van der Waals surface area contributed by atoms with Crippen molar-refractivity contribution < 1.29 is 14.6 Å². The van der Waals surface area contributed by atoms with Gasteiger partial charge in [-0.1, -0.05) is 6.07 Å². The smallest absolute Gasteiger partial charge is 0.354 e. The van der Waals surface area contributed by atoms with Crippen LogP contribution in [0.25, 0.3) is 0 Å². The van der Waals surface area contributed by atoms with Gasteiger partial charge in [0.05, 0.1) is 5.69 Å². The van der Waals surface area contributed by atoms with Crippen LogP contribution < -0.4 is 5.32 Å². The highest BCUT2D eigenvalue weighted by atomic mass is 16.5. The summed E-state index contributed by atoms with van der Waals surface area (Å²) in [4.78, 5) is 14.8. The number of carboxylic acid groups (broad SMARTS) is 1. The maximum atomic E-state index is 10.7. The number of methoxy groups -OCH3 is 1. The number of carbonyl (C=O) groups is 1. The lowest BCUT2D eigenvalue weighted by Crippen LogP contribution is -2.16. The fraction of sp³-hybridized carbons (Fsp3) is 0.538. The molecule has 0 radical (unpaired) electrons. The van der Waals surface area contributed by atoms with E-state index < -0.39 is 5.97 Å². The number of aromatic carboxylic acids is 1. The van der Waals surface area contributed by atoms with Gasteiger partial charge in [-0.3, -0.25) is 0 Å². The molecule has 0 saturated heterocycles. The molecule has 1 aromatic rings. The summed E-state index contributed by atoms with van der Waals surface area (Å²) in [6, 6.07) is 5.03. The number of rotatable bonds is 9. The van der Waals surface area contributed by atoms with E-state index in [4.69, 9.17) is 9.84 Å². The molecule has 0 aromatic carbocycles. The Morgan fingerprint density at radius 1 is 1.39 bits per heavy atom. The zero-order chi connectivity index (χ0) is 13.2. The Labute approximate surface area is 107 Å². The number of aromatic nitrogens is 1. The first-order valence-electron chi connectivity index (χ1n) is 6.13. The summed E-state index contributed by atoms with van der Waals surface area (Å²) < 4.78 is 4.97. The van der Waals surface area contributed by atoms with E-state index in [9.17, 15) is 4.79 Å². The third-order valence-corrected chi connectivity index (χ3v) is 2.53. The van der Waals surface area contributed by atoms with Crippen LogP contribution in [-0.4, -0.2) is 36.3 Å². The molecule has 0 bridgehead atoms. The molecule has 0 amide bonds. The quantitative estimate of drug-likeness (QED) is 0.654. The summed E-state index contributed by atoms with van der Waals surface area (Å²) in [6.07, 6.45) is 3.29. The largest absolute Gasteiger partial charge is 0.477 e. The Bertz CT molecular complexity index is 369. The molecular formula is C13H20N2O3. The number of ether oxygens (including phenoxy) is 1. The van der Waals surface area contributed by atoms with Crippen LogP contribution >= 0.6 is 0 Å². The van der Waals surface area contributed by atoms with Crippen LogP contribution in [0.4, 0.5) is 0 Å². The lowest BCUT2D eigenvalue weighted by atomic mass is 10.2. The Morgan fingerprint density at radius 2 is 2.22 bits per heavy atom. The van der Waals surface area contributed by atoms with Crippen LogP contribution in [0.2, 0.25) is 0 Å². The minimum atomic E-state index is -0.989. The highest BCUT2D eigenvalue weighted by Crippen LogP contribution is 2.00. The van der Waals surface area contributed by atoms with Gasteiger partial charge in [0.25, 0.3) is 0 Å². The number of hydrogen-bond acceptors (Lipinski definition) is 4. The SMILES string of the molecule is COCCCCCNCc1cccc(C(=O)O)n1. The number of nitrogens with zero attached hydrogens (tertiary/aromatic N) is 1. The van der Waals surface area contributed by atoms with Gasteiger partial charge >= 0.3 is 5.97 Å². The minimum Gasteiger partial charge on any atom is -0.477 e. The molecule has 0 saturated carbocycles. The molecule has 0 aliphatic heterocycles. The van der Waals surface area contributed by atoms with E-state index in [2.05, 4.69) is 10.3 Å². The first kappa shape index (κ1) is 14.6. The van der Waals surface area contributed by atoms with Crippen molar-refractivity contribution in [3.63, 3.8) is 0 Å². The van der Waals surface area contributed by atoms with E-state index in [0.717, 1.165) is 38.1 Å². The molecule has 0 aliphatic carbocycles. The zero-order valence-corrected chi connectivity index (χ0v) is 10.7. The highest BCUT2D eigenvalue weighted by Gasteiger charge is 2.04. The second-order valence-electron chi connectivity index (χ2n) is 4.05. The Kier molecular flexibility index (Phi) is 6.98. The summed E-state index contributed by atoms with van der Waals surface area (Å²) >= 11 is 0. The van der Waals surface area contributed by atoms with E-state index in [-0.39, 0.29) is 5.69 Å². The number of unbranched alkanes of at least 4 members (excludes halogenated alkanes) is 2. The molecule has 0 fully saturated rings. The molecule has 0 atom stereocenters. The molecule has 1 heterocycles. The second-order valence-corrected chi connectivity index (χ2v) is 4.05. The van der Waals surface area contributed by atoms with Gasteiger partial charge in [0.15, 0.2) is 0 Å². The van der Waals surface area contributed by atoms with Gasteiger partial charge in [0.2, 0.25) is 0 Å². The normalized spacial score (nSPS) is 10.5. The second kappa shape index (κ2) is 8.60. The Morgan fingerprint density at radius 3 is 2.94 bits per heavy atom. The molecule has 5 nitrogen and oxygen atoms in total. The van der Waals surface area contributed by atoms with Crippen molar-refractivity contribution in [1.82, 2.24) is 10.3 Å². The summed E-state index contributed by atoms with van der Waals surface area (Å²) in [5, 5.41) is 12.1. The maximum Gasteiger partial charge on any atom is 0.354 e. The predicted octanol–water partition coefficient (Wildman–Crippen LogP) is 1.69. The van der Waals surface area contributed by atoms with E-state index in [1.54, 1.807) is 13.2 Å². The first-order chi connectivity index (χ1) is 8.74. The molecule has 18 heavy (non-hydrogen) atoms. The van der Waals surface area contributed by atoms with E-state index in [0.29, 0.717) is 6.54 Å². The third kappa shape index (κ3) is 5.75. The monoisotopic (exact) mass is 252 g/mol. The first-order valence-corrected chi connectivity index (χ1v) is 6.13. The van der Waals surface area contributed by atoms with Crippen molar-refractivity contribution in [3.05, 3.63) is 29.6 Å². The van der Waals surface area contributed by atoms with E-state index >= 15 is 0 Å². The van der Waals surface area contributed by atoms with Crippen LogP contribution in [0.3, 0.4) is 0 Å². The van der Waals surface area contributed by atoms with Crippen LogP contribution in [0.1, 0.15) is 35.4 Å². The van der Waals surface area contributed by atoms with E-state index in [1.165, 1.54) is 6.07 Å². The summed E-state index contributed by atoms with van der Waals surface area (Å²) in [7, 11) is 1.71. The molecule has 0 aliphatic rings. The van der Waals surface area contributed by atoms with Gasteiger partial charge in [-0.25, -0.2) is 9.78 Å². The molecule has 100 valence electrons. The van der Waals surface area contributed by atoms with Gasteiger partial charge < -0.3 is 15.2 Å². The van der Waals surface area contributed by atoms with Gasteiger partial charge in [-0.05, 0) is 37.9 Å². The van der Waals surface area contributed by atoms with Crippen LogP contribution in [0.5, 0.6) is 0 Å². The van der Waals surface area contributed by atoms with Crippen molar-refractivity contribution in [2.24, 2.45) is 0 Å². The van der Waals surface area contributed by atoms with Crippen molar-refractivity contribution in [2.45, 2.75) is 25.8 Å². The topological polar surface area (TPSA) is 71.5 Å². The fourth-order valence-corrected chi connectivity index (χ4v) is 1.59. The van der Waals surface area contributed by atoms with Crippen molar-refractivity contribution in [3.8, 4) is 0 Å². The van der Waals surface area contributed by atoms with Crippen molar-refractivity contribution in [2.75, 3.05) is 20.3 Å². The number of hydrogen-bond donors (Lipinski definition) is 2. The molecule has 1 rings (SSSR count). The number of pyridine rings is 1. The van der Waals surface area contributed by atoms with Gasteiger partial charge in [-0.2, -0.15) is 0 Å². The van der Waals surface area contributed by atoms with Gasteiger partial charge in [-0.15, -0.1) is 0 Å². The average Bonchev–Trinajstić information content (AvgIpc) is 2.38. The van der Waals surface area contributed by atoms with Crippen molar-refractivity contribution in [1.29, 1.82) is 0 Å². The third-order valence-electron chi connectivity index (χ3n) is 2.53. The molecule has 5 heteroatoms. The Balaban J connectivity index is 2.19. The van der Waals surface area contributed by atoms with Gasteiger partial charge in [0, 0.05) is 20.3 Å². The molecule has 1 aromatic heterocycles. The number of nitrogens with one attached hydrogen (secondary N) is 1.